The quantitative estimate of drug-likeness (QED) is 0.834. The van der Waals surface area contributed by atoms with E-state index < -0.39 is 0 Å². The second-order valence-corrected chi connectivity index (χ2v) is 4.75. The Morgan fingerprint density at radius 1 is 1.33 bits per heavy atom. The first-order chi connectivity index (χ1) is 8.79. The summed E-state index contributed by atoms with van der Waals surface area (Å²) in [5.41, 5.74) is 0.346. The predicted molar refractivity (Wildman–Crippen MR) is 70.5 cm³/mol. The number of carbonyl (C=O) groups is 1. The Balaban J connectivity index is 1.77. The maximum absolute atomic E-state index is 11.3. The average Bonchev–Trinajstić information content (AvgIpc) is 2.92. The summed E-state index contributed by atoms with van der Waals surface area (Å²) >= 11 is 0. The molecule has 5 nitrogen and oxygen atoms in total. The van der Waals surface area contributed by atoms with E-state index in [0.717, 1.165) is 18.3 Å². The second kappa shape index (κ2) is 6.33. The largest absolute Gasteiger partial charge is 0.369 e. The van der Waals surface area contributed by atoms with Crippen LogP contribution in [0, 0.1) is 5.92 Å². The van der Waals surface area contributed by atoms with Crippen molar-refractivity contribution >= 4 is 11.7 Å². The number of hydrogen-bond acceptors (Lipinski definition) is 4. The molecule has 1 fully saturated rings. The van der Waals surface area contributed by atoms with Gasteiger partial charge in [-0.05, 0) is 24.5 Å². The number of amides is 1. The highest BCUT2D eigenvalue weighted by atomic mass is 16.1. The minimum Gasteiger partial charge on any atom is -0.369 e. The van der Waals surface area contributed by atoms with E-state index in [-0.39, 0.29) is 5.91 Å². The molecule has 1 amide bonds. The average molecular weight is 248 g/mol. The van der Waals surface area contributed by atoms with Crippen molar-refractivity contribution in [3.8, 4) is 0 Å². The molecule has 1 aliphatic carbocycles. The van der Waals surface area contributed by atoms with Crippen LogP contribution in [-0.4, -0.2) is 29.7 Å². The zero-order valence-corrected chi connectivity index (χ0v) is 10.8. The highest BCUT2D eigenvalue weighted by Crippen LogP contribution is 2.27. The zero-order chi connectivity index (χ0) is 12.8. The monoisotopic (exact) mass is 248 g/mol. The summed E-state index contributed by atoms with van der Waals surface area (Å²) in [6.07, 6.45) is 6.68. The van der Waals surface area contributed by atoms with Crippen LogP contribution in [0.5, 0.6) is 0 Å². The fraction of sp³-hybridized carbons (Fsp3) is 0.615. The lowest BCUT2D eigenvalue weighted by atomic mass is 10.0. The van der Waals surface area contributed by atoms with E-state index in [0.29, 0.717) is 5.69 Å². The van der Waals surface area contributed by atoms with Crippen LogP contribution in [0.1, 0.15) is 42.6 Å². The van der Waals surface area contributed by atoms with Gasteiger partial charge in [-0.3, -0.25) is 4.79 Å². The summed E-state index contributed by atoms with van der Waals surface area (Å²) in [7, 11) is 1.58. The molecule has 1 aromatic heterocycles. The van der Waals surface area contributed by atoms with Crippen LogP contribution in [0.15, 0.2) is 12.1 Å². The van der Waals surface area contributed by atoms with E-state index in [1.165, 1.54) is 32.1 Å². The van der Waals surface area contributed by atoms with Crippen LogP contribution < -0.4 is 10.6 Å². The van der Waals surface area contributed by atoms with Crippen molar-refractivity contribution in [2.24, 2.45) is 5.92 Å². The molecule has 0 saturated heterocycles. The van der Waals surface area contributed by atoms with Crippen molar-refractivity contribution in [2.45, 2.75) is 32.1 Å². The number of anilines is 1. The van der Waals surface area contributed by atoms with Gasteiger partial charge in [0.1, 0.15) is 5.82 Å². The van der Waals surface area contributed by atoms with Crippen LogP contribution >= 0.6 is 0 Å². The molecular formula is C13H20N4O. The van der Waals surface area contributed by atoms with Crippen molar-refractivity contribution in [3.63, 3.8) is 0 Å². The highest BCUT2D eigenvalue weighted by Gasteiger charge is 2.14. The van der Waals surface area contributed by atoms with Gasteiger partial charge >= 0.3 is 0 Å². The zero-order valence-electron chi connectivity index (χ0n) is 10.8. The molecule has 5 heteroatoms. The lowest BCUT2D eigenvalue weighted by molar-refractivity contribution is 0.0957. The van der Waals surface area contributed by atoms with Gasteiger partial charge in [0.05, 0.1) is 0 Å². The van der Waals surface area contributed by atoms with Gasteiger partial charge in [-0.2, -0.15) is 0 Å². The van der Waals surface area contributed by atoms with E-state index in [4.69, 9.17) is 0 Å². The van der Waals surface area contributed by atoms with Crippen molar-refractivity contribution in [1.29, 1.82) is 0 Å². The Morgan fingerprint density at radius 2 is 2.11 bits per heavy atom. The summed E-state index contributed by atoms with van der Waals surface area (Å²) in [6.45, 7) is 0.929. The van der Waals surface area contributed by atoms with Gasteiger partial charge in [0.25, 0.3) is 5.91 Å². The first-order valence-corrected chi connectivity index (χ1v) is 6.59. The first kappa shape index (κ1) is 12.8. The molecule has 0 aromatic carbocycles. The van der Waals surface area contributed by atoms with Crippen molar-refractivity contribution < 1.29 is 4.79 Å². The van der Waals surface area contributed by atoms with Crippen LogP contribution in [0.3, 0.4) is 0 Å². The molecule has 0 bridgehead atoms. The molecule has 0 aliphatic heterocycles. The molecule has 2 rings (SSSR count). The molecule has 2 N–H and O–H groups in total. The number of nitrogens with one attached hydrogen (secondary N) is 2. The number of aromatic nitrogens is 2. The molecule has 98 valence electrons. The van der Waals surface area contributed by atoms with Gasteiger partial charge < -0.3 is 10.6 Å². The van der Waals surface area contributed by atoms with Gasteiger partial charge in [0, 0.05) is 13.6 Å². The summed E-state index contributed by atoms with van der Waals surface area (Å²) in [5.74, 6) is 1.40. The normalized spacial score (nSPS) is 15.6. The number of nitrogens with zero attached hydrogens (tertiary/aromatic N) is 2. The Hall–Kier alpha value is -1.65. The molecule has 1 aliphatic rings. The summed E-state index contributed by atoms with van der Waals surface area (Å²) in [6, 6.07) is 3.48. The molecule has 0 radical (unpaired) electrons. The van der Waals surface area contributed by atoms with Crippen LogP contribution in [0.25, 0.3) is 0 Å². The van der Waals surface area contributed by atoms with Crippen molar-refractivity contribution in [1.82, 2.24) is 15.5 Å². The lowest BCUT2D eigenvalue weighted by Gasteiger charge is -2.09. The topological polar surface area (TPSA) is 66.9 Å². The molecule has 0 unspecified atom stereocenters. The molecular weight excluding hydrogens is 228 g/mol. The Kier molecular flexibility index (Phi) is 4.50. The molecule has 0 spiro atoms. The van der Waals surface area contributed by atoms with Crippen LogP contribution in [0.2, 0.25) is 0 Å². The predicted octanol–water partition coefficient (Wildman–Crippen LogP) is 1.83. The van der Waals surface area contributed by atoms with E-state index in [2.05, 4.69) is 20.8 Å². The maximum Gasteiger partial charge on any atom is 0.271 e. The Bertz CT molecular complexity index is 384. The van der Waals surface area contributed by atoms with E-state index in [1.54, 1.807) is 19.2 Å². The first-order valence-electron chi connectivity index (χ1n) is 6.59. The van der Waals surface area contributed by atoms with Gasteiger partial charge in [-0.25, -0.2) is 0 Å². The fourth-order valence-corrected chi connectivity index (χ4v) is 2.38. The highest BCUT2D eigenvalue weighted by molar-refractivity contribution is 5.91. The summed E-state index contributed by atoms with van der Waals surface area (Å²) < 4.78 is 0. The molecule has 1 saturated carbocycles. The summed E-state index contributed by atoms with van der Waals surface area (Å²) in [5, 5.41) is 13.6. The standard InChI is InChI=1S/C13H20N4O/c1-14-13(18)11-6-7-12(17-16-11)15-9-8-10-4-2-3-5-10/h6-7,10H,2-5,8-9H2,1H3,(H,14,18)(H,15,17). The number of hydrogen-bond donors (Lipinski definition) is 2. The third-order valence-electron chi connectivity index (χ3n) is 3.46. The molecule has 1 heterocycles. The number of carbonyl (C=O) groups excluding carboxylic acids is 1. The van der Waals surface area contributed by atoms with Gasteiger partial charge in [-0.1, -0.05) is 25.7 Å². The van der Waals surface area contributed by atoms with E-state index in [9.17, 15) is 4.79 Å². The summed E-state index contributed by atoms with van der Waals surface area (Å²) in [4.78, 5) is 11.3. The van der Waals surface area contributed by atoms with Crippen molar-refractivity contribution in [3.05, 3.63) is 17.8 Å². The van der Waals surface area contributed by atoms with Gasteiger partial charge in [-0.15, -0.1) is 10.2 Å². The second-order valence-electron chi connectivity index (χ2n) is 4.75. The van der Waals surface area contributed by atoms with Crippen molar-refractivity contribution in [2.75, 3.05) is 18.9 Å². The third kappa shape index (κ3) is 3.42. The van der Waals surface area contributed by atoms with Gasteiger partial charge in [0.15, 0.2) is 5.69 Å². The minimum absolute atomic E-state index is 0.208. The van der Waals surface area contributed by atoms with Crippen LogP contribution in [-0.2, 0) is 0 Å². The Labute approximate surface area is 107 Å². The third-order valence-corrected chi connectivity index (χ3v) is 3.46. The molecule has 1 aromatic rings. The molecule has 0 atom stereocenters. The van der Waals surface area contributed by atoms with E-state index >= 15 is 0 Å². The maximum atomic E-state index is 11.3. The Morgan fingerprint density at radius 3 is 2.72 bits per heavy atom. The SMILES string of the molecule is CNC(=O)c1ccc(NCCC2CCCC2)nn1. The minimum atomic E-state index is -0.208. The fourth-order valence-electron chi connectivity index (χ4n) is 2.38. The van der Waals surface area contributed by atoms with Gasteiger partial charge in [0.2, 0.25) is 0 Å². The lowest BCUT2D eigenvalue weighted by Crippen LogP contribution is -2.20. The smallest absolute Gasteiger partial charge is 0.271 e. The molecule has 18 heavy (non-hydrogen) atoms. The number of rotatable bonds is 5. The van der Waals surface area contributed by atoms with E-state index in [1.807, 2.05) is 0 Å². The van der Waals surface area contributed by atoms with Crippen LogP contribution in [0.4, 0.5) is 5.82 Å².